The first-order valence-electron chi connectivity index (χ1n) is 9.04. The zero-order chi connectivity index (χ0) is 20.0. The molecule has 0 amide bonds. The number of nitriles is 1. The molecule has 2 aromatic carbocycles. The van der Waals surface area contributed by atoms with E-state index < -0.39 is 9.84 Å². The van der Waals surface area contributed by atoms with Crippen LogP contribution in [0.4, 0.5) is 0 Å². The Bertz CT molecular complexity index is 956. The van der Waals surface area contributed by atoms with E-state index in [-0.39, 0.29) is 9.80 Å². The summed E-state index contributed by atoms with van der Waals surface area (Å²) in [6, 6.07) is 18.2. The van der Waals surface area contributed by atoms with Crippen LogP contribution in [0.25, 0.3) is 0 Å². The van der Waals surface area contributed by atoms with Gasteiger partial charge in [0.2, 0.25) is 9.84 Å². The highest BCUT2D eigenvalue weighted by atomic mass is 32.2. The number of allylic oxidation sites excluding steroid dienone is 1. The van der Waals surface area contributed by atoms with Crippen LogP contribution in [0.3, 0.4) is 0 Å². The fourth-order valence-corrected chi connectivity index (χ4v) is 4.25. The predicted octanol–water partition coefficient (Wildman–Crippen LogP) is 2.65. The van der Waals surface area contributed by atoms with Crippen molar-refractivity contribution in [3.05, 3.63) is 71.3 Å². The van der Waals surface area contributed by atoms with Crippen molar-refractivity contribution in [2.24, 2.45) is 0 Å². The Hall–Kier alpha value is -2.82. The molecule has 6 nitrogen and oxygen atoms in total. The lowest BCUT2D eigenvalue weighted by Crippen LogP contribution is -2.43. The average molecular weight is 398 g/mol. The van der Waals surface area contributed by atoms with Gasteiger partial charge in [0.05, 0.1) is 12.0 Å². The van der Waals surface area contributed by atoms with Crippen molar-refractivity contribution in [1.29, 1.82) is 5.26 Å². The van der Waals surface area contributed by atoms with Crippen molar-refractivity contribution in [3.63, 3.8) is 0 Å². The highest BCUT2D eigenvalue weighted by Gasteiger charge is 2.23. The molecule has 0 radical (unpaired) electrons. The average Bonchev–Trinajstić information content (AvgIpc) is 2.74. The van der Waals surface area contributed by atoms with Gasteiger partial charge in [-0.3, -0.25) is 4.90 Å². The molecule has 0 aliphatic carbocycles. The second-order valence-electron chi connectivity index (χ2n) is 6.58. The molecule has 1 fully saturated rings. The molecule has 1 heterocycles. The van der Waals surface area contributed by atoms with Crippen LogP contribution in [0.1, 0.15) is 5.56 Å². The van der Waals surface area contributed by atoms with Crippen molar-refractivity contribution in [1.82, 2.24) is 9.80 Å². The fraction of sp³-hybridized carbons (Fsp3) is 0.286. The number of hydrogen-bond donors (Lipinski definition) is 0. The minimum atomic E-state index is -3.85. The third-order valence-corrected chi connectivity index (χ3v) is 6.39. The van der Waals surface area contributed by atoms with Gasteiger partial charge in [-0.1, -0.05) is 30.3 Å². The third kappa shape index (κ3) is 4.71. The predicted molar refractivity (Wildman–Crippen MR) is 107 cm³/mol. The molecular weight excluding hydrogens is 374 g/mol. The van der Waals surface area contributed by atoms with Crippen LogP contribution in [0, 0.1) is 11.3 Å². The zero-order valence-electron chi connectivity index (χ0n) is 15.8. The summed E-state index contributed by atoms with van der Waals surface area (Å²) in [6.07, 6.45) is 1.47. The molecule has 1 aliphatic heterocycles. The van der Waals surface area contributed by atoms with Gasteiger partial charge in [-0.05, 0) is 29.8 Å². The molecule has 0 unspecified atom stereocenters. The lowest BCUT2D eigenvalue weighted by Gasteiger charge is -2.34. The molecule has 0 N–H and O–H groups in total. The molecule has 0 bridgehead atoms. The summed E-state index contributed by atoms with van der Waals surface area (Å²) < 4.78 is 30.6. The van der Waals surface area contributed by atoms with Crippen LogP contribution < -0.4 is 4.74 Å². The van der Waals surface area contributed by atoms with Gasteiger partial charge in [-0.15, -0.1) is 0 Å². The molecule has 146 valence electrons. The van der Waals surface area contributed by atoms with Gasteiger partial charge in [0, 0.05) is 38.9 Å². The smallest absolute Gasteiger partial charge is 0.218 e. The zero-order valence-corrected chi connectivity index (χ0v) is 16.6. The highest BCUT2D eigenvalue weighted by Crippen LogP contribution is 2.22. The monoisotopic (exact) mass is 397 g/mol. The Morgan fingerprint density at radius 2 is 1.71 bits per heavy atom. The Morgan fingerprint density at radius 1 is 1.07 bits per heavy atom. The molecule has 1 saturated heterocycles. The van der Waals surface area contributed by atoms with Crippen molar-refractivity contribution in [2.75, 3.05) is 33.3 Å². The second-order valence-corrected chi connectivity index (χ2v) is 8.50. The molecule has 3 rings (SSSR count). The number of rotatable bonds is 6. The van der Waals surface area contributed by atoms with Crippen LogP contribution in [0.2, 0.25) is 0 Å². The van der Waals surface area contributed by atoms with E-state index >= 15 is 0 Å². The minimum Gasteiger partial charge on any atom is -0.497 e. The second kappa shape index (κ2) is 8.91. The van der Waals surface area contributed by atoms with Crippen LogP contribution in [-0.2, 0) is 16.4 Å². The van der Waals surface area contributed by atoms with Gasteiger partial charge in [-0.25, -0.2) is 8.42 Å². The normalized spacial score (nSPS) is 15.9. The number of methoxy groups -OCH3 is 1. The summed E-state index contributed by atoms with van der Waals surface area (Å²) in [5.74, 6) is 0.566. The number of piperazine rings is 1. The summed E-state index contributed by atoms with van der Waals surface area (Å²) >= 11 is 0. The molecule has 0 aromatic heterocycles. The van der Waals surface area contributed by atoms with Crippen molar-refractivity contribution in [3.8, 4) is 11.8 Å². The first kappa shape index (κ1) is 19.9. The van der Waals surface area contributed by atoms with Gasteiger partial charge in [0.15, 0.2) is 4.91 Å². The Labute approximate surface area is 166 Å². The molecule has 1 aliphatic rings. The topological polar surface area (TPSA) is 73.6 Å². The molecule has 0 saturated carbocycles. The van der Waals surface area contributed by atoms with Gasteiger partial charge in [0.25, 0.3) is 0 Å². The van der Waals surface area contributed by atoms with Gasteiger partial charge >= 0.3 is 0 Å². The highest BCUT2D eigenvalue weighted by molar-refractivity contribution is 7.95. The summed E-state index contributed by atoms with van der Waals surface area (Å²) in [5, 5.41) is 9.44. The van der Waals surface area contributed by atoms with E-state index in [1.807, 2.05) is 29.2 Å². The molecular formula is C21H23N3O3S. The molecule has 0 atom stereocenters. The molecule has 0 spiro atoms. The van der Waals surface area contributed by atoms with Crippen LogP contribution in [0.5, 0.6) is 5.75 Å². The van der Waals surface area contributed by atoms with Gasteiger partial charge < -0.3 is 9.64 Å². The van der Waals surface area contributed by atoms with Crippen LogP contribution >= 0.6 is 0 Å². The number of ether oxygens (including phenoxy) is 1. The van der Waals surface area contributed by atoms with Crippen molar-refractivity contribution < 1.29 is 13.2 Å². The van der Waals surface area contributed by atoms with Crippen molar-refractivity contribution >= 4 is 9.84 Å². The minimum absolute atomic E-state index is 0.0869. The standard InChI is InChI=1S/C21H23N3O3S/c1-27-19-7-9-20(10-8-19)28(25,26)21(15-22)17-24-13-11-23(12-14-24)16-18-5-3-2-4-6-18/h2-10,17H,11-14,16H2,1H3. The van der Waals surface area contributed by atoms with E-state index in [1.165, 1.54) is 31.0 Å². The van der Waals surface area contributed by atoms with E-state index in [4.69, 9.17) is 4.74 Å². The lowest BCUT2D eigenvalue weighted by molar-refractivity contribution is 0.162. The maximum Gasteiger partial charge on any atom is 0.218 e. The van der Waals surface area contributed by atoms with Gasteiger partial charge in [-0.2, -0.15) is 5.26 Å². The maximum atomic E-state index is 12.8. The van der Waals surface area contributed by atoms with Crippen LogP contribution in [-0.4, -0.2) is 51.5 Å². The Morgan fingerprint density at radius 3 is 2.29 bits per heavy atom. The van der Waals surface area contributed by atoms with E-state index in [2.05, 4.69) is 17.0 Å². The first-order valence-corrected chi connectivity index (χ1v) is 10.5. The number of benzene rings is 2. The summed E-state index contributed by atoms with van der Waals surface area (Å²) in [7, 11) is -2.33. The molecule has 7 heteroatoms. The van der Waals surface area contributed by atoms with Crippen LogP contribution in [0.15, 0.2) is 70.6 Å². The lowest BCUT2D eigenvalue weighted by atomic mass is 10.2. The van der Waals surface area contributed by atoms with E-state index in [0.29, 0.717) is 18.8 Å². The Kier molecular flexibility index (Phi) is 6.34. The first-order chi connectivity index (χ1) is 13.5. The Balaban J connectivity index is 1.67. The quantitative estimate of drug-likeness (QED) is 0.698. The number of sulfone groups is 1. The van der Waals surface area contributed by atoms with E-state index in [0.717, 1.165) is 19.6 Å². The van der Waals surface area contributed by atoms with Gasteiger partial charge in [0.1, 0.15) is 11.8 Å². The third-order valence-electron chi connectivity index (χ3n) is 4.73. The van der Waals surface area contributed by atoms with E-state index in [9.17, 15) is 13.7 Å². The van der Waals surface area contributed by atoms with Crippen molar-refractivity contribution in [2.45, 2.75) is 11.4 Å². The number of hydrogen-bond acceptors (Lipinski definition) is 6. The fourth-order valence-electron chi connectivity index (χ4n) is 3.10. The summed E-state index contributed by atoms with van der Waals surface area (Å²) in [6.45, 7) is 3.85. The summed E-state index contributed by atoms with van der Waals surface area (Å²) in [5.41, 5.74) is 1.26. The maximum absolute atomic E-state index is 12.8. The SMILES string of the molecule is COc1ccc(S(=O)(=O)C(C#N)=CN2CCN(Cc3ccccc3)CC2)cc1. The molecule has 28 heavy (non-hydrogen) atoms. The molecule has 2 aromatic rings. The van der Waals surface area contributed by atoms with E-state index in [1.54, 1.807) is 12.1 Å². The largest absolute Gasteiger partial charge is 0.497 e. The summed E-state index contributed by atoms with van der Waals surface area (Å²) in [4.78, 5) is 4.07. The number of nitrogens with zero attached hydrogens (tertiary/aromatic N) is 3.